The number of aromatic nitrogens is 2. The van der Waals surface area contributed by atoms with E-state index in [1.165, 1.54) is 17.0 Å². The summed E-state index contributed by atoms with van der Waals surface area (Å²) in [7, 11) is 0. The van der Waals surface area contributed by atoms with Gasteiger partial charge >= 0.3 is 12.1 Å². The molecule has 2 fully saturated rings. The Morgan fingerprint density at radius 1 is 1.19 bits per heavy atom. The van der Waals surface area contributed by atoms with E-state index in [-0.39, 0.29) is 72.4 Å². The van der Waals surface area contributed by atoms with Crippen LogP contribution < -0.4 is 0 Å². The van der Waals surface area contributed by atoms with Crippen LogP contribution >= 0.6 is 11.6 Å². The molecule has 1 aromatic heterocycles. The standard InChI is InChI=1S/C24H25ClF4N4O4/c25-15-2-1-13(19(26)7-15)8-33-20-9-31(4-3-18(20)22(30-33)24(27,28)29)21(34)10-32-16-5-14(23(35)36)6-17(32)12-37-11-16/h1-2,7,14,16-17H,3-6,8-12H2,(H,35,36). The van der Waals surface area contributed by atoms with Crippen molar-refractivity contribution in [3.8, 4) is 0 Å². The van der Waals surface area contributed by atoms with E-state index in [9.17, 15) is 32.3 Å². The number of amides is 1. The van der Waals surface area contributed by atoms with Crippen LogP contribution in [0.2, 0.25) is 5.02 Å². The topological polar surface area (TPSA) is 87.9 Å². The minimum Gasteiger partial charge on any atom is -0.481 e. The molecule has 37 heavy (non-hydrogen) atoms. The monoisotopic (exact) mass is 544 g/mol. The number of hydrogen-bond acceptors (Lipinski definition) is 5. The number of piperidine rings is 1. The van der Waals surface area contributed by atoms with E-state index >= 15 is 0 Å². The van der Waals surface area contributed by atoms with E-state index in [1.54, 1.807) is 0 Å². The molecule has 1 N–H and O–H groups in total. The summed E-state index contributed by atoms with van der Waals surface area (Å²) in [6.45, 7) is 0.426. The maximum atomic E-state index is 14.4. The zero-order valence-corrected chi connectivity index (χ0v) is 20.4. The number of rotatable bonds is 5. The first kappa shape index (κ1) is 25.9. The molecule has 0 radical (unpaired) electrons. The highest BCUT2D eigenvalue weighted by atomic mass is 35.5. The molecule has 1 aromatic carbocycles. The van der Waals surface area contributed by atoms with Crippen molar-refractivity contribution in [1.29, 1.82) is 0 Å². The fourth-order valence-corrected chi connectivity index (χ4v) is 5.73. The highest BCUT2D eigenvalue weighted by Crippen LogP contribution is 2.36. The van der Waals surface area contributed by atoms with Gasteiger partial charge in [-0.2, -0.15) is 18.3 Å². The van der Waals surface area contributed by atoms with E-state index < -0.39 is 29.6 Å². The molecule has 2 saturated heterocycles. The van der Waals surface area contributed by atoms with E-state index in [1.807, 2.05) is 4.90 Å². The number of hydrogen-bond donors (Lipinski definition) is 1. The summed E-state index contributed by atoms with van der Waals surface area (Å²) in [5, 5.41) is 13.4. The van der Waals surface area contributed by atoms with Gasteiger partial charge in [0.1, 0.15) is 5.82 Å². The van der Waals surface area contributed by atoms with Crippen LogP contribution in [0.15, 0.2) is 18.2 Å². The molecule has 1 amide bonds. The predicted octanol–water partition coefficient (Wildman–Crippen LogP) is 3.19. The maximum absolute atomic E-state index is 14.4. The van der Waals surface area contributed by atoms with Gasteiger partial charge in [0.25, 0.3) is 0 Å². The Morgan fingerprint density at radius 2 is 1.89 bits per heavy atom. The van der Waals surface area contributed by atoms with Gasteiger partial charge in [0, 0.05) is 34.8 Å². The van der Waals surface area contributed by atoms with Crippen LogP contribution in [0.4, 0.5) is 17.6 Å². The van der Waals surface area contributed by atoms with Gasteiger partial charge in [0.05, 0.1) is 44.5 Å². The fraction of sp³-hybridized carbons (Fsp3) is 0.542. The Balaban J connectivity index is 1.36. The largest absolute Gasteiger partial charge is 0.481 e. The molecule has 5 rings (SSSR count). The van der Waals surface area contributed by atoms with Crippen LogP contribution in [0, 0.1) is 11.7 Å². The molecule has 4 heterocycles. The number of fused-ring (bicyclic) bond motifs is 3. The summed E-state index contributed by atoms with van der Waals surface area (Å²) in [4.78, 5) is 28.2. The van der Waals surface area contributed by atoms with Crippen molar-refractivity contribution < 1.29 is 37.0 Å². The lowest BCUT2D eigenvalue weighted by Crippen LogP contribution is -2.60. The van der Waals surface area contributed by atoms with Gasteiger partial charge in [0.15, 0.2) is 5.69 Å². The number of morpholine rings is 1. The van der Waals surface area contributed by atoms with Gasteiger partial charge in [-0.25, -0.2) is 4.39 Å². The fourth-order valence-electron chi connectivity index (χ4n) is 5.57. The Labute approximate surface area is 214 Å². The van der Waals surface area contributed by atoms with Crippen molar-refractivity contribution in [3.05, 3.63) is 51.6 Å². The number of halogens is 5. The molecular formula is C24H25ClF4N4O4. The summed E-state index contributed by atoms with van der Waals surface area (Å²) < 4.78 is 62.3. The number of alkyl halides is 3. The third-order valence-electron chi connectivity index (χ3n) is 7.43. The molecule has 8 nitrogen and oxygen atoms in total. The second kappa shape index (κ2) is 9.88. The normalized spacial score (nSPS) is 24.1. The smallest absolute Gasteiger partial charge is 0.435 e. The first-order valence-electron chi connectivity index (χ1n) is 11.9. The van der Waals surface area contributed by atoms with E-state index in [0.29, 0.717) is 26.1 Å². The molecule has 200 valence electrons. The van der Waals surface area contributed by atoms with Crippen molar-refractivity contribution in [2.75, 3.05) is 26.3 Å². The highest BCUT2D eigenvalue weighted by molar-refractivity contribution is 6.30. The summed E-state index contributed by atoms with van der Waals surface area (Å²) in [5.74, 6) is -2.29. The molecule has 13 heteroatoms. The molecule has 3 aliphatic heterocycles. The number of carboxylic acids is 1. The molecule has 0 saturated carbocycles. The zero-order valence-electron chi connectivity index (χ0n) is 19.7. The van der Waals surface area contributed by atoms with Crippen molar-refractivity contribution in [1.82, 2.24) is 19.6 Å². The lowest BCUT2D eigenvalue weighted by Gasteiger charge is -2.47. The number of carbonyl (C=O) groups excluding carboxylic acids is 1. The minimum atomic E-state index is -4.69. The second-order valence-corrected chi connectivity index (χ2v) is 10.2. The Kier molecular flexibility index (Phi) is 6.92. The van der Waals surface area contributed by atoms with Gasteiger partial charge in [-0.1, -0.05) is 17.7 Å². The van der Waals surface area contributed by atoms with Crippen LogP contribution in [0.1, 0.15) is 35.4 Å². The minimum absolute atomic E-state index is 0.0125. The van der Waals surface area contributed by atoms with Gasteiger partial charge in [-0.05, 0) is 31.4 Å². The summed E-state index contributed by atoms with van der Waals surface area (Å²) in [6.07, 6.45) is -3.97. The van der Waals surface area contributed by atoms with Crippen molar-refractivity contribution in [3.63, 3.8) is 0 Å². The highest BCUT2D eigenvalue weighted by Gasteiger charge is 2.44. The van der Waals surface area contributed by atoms with E-state index in [4.69, 9.17) is 16.3 Å². The molecule has 2 unspecified atom stereocenters. The molecular weight excluding hydrogens is 520 g/mol. The Bertz CT molecular complexity index is 1210. The molecule has 0 aliphatic carbocycles. The van der Waals surface area contributed by atoms with Gasteiger partial charge in [0.2, 0.25) is 5.91 Å². The Hall–Kier alpha value is -2.70. The maximum Gasteiger partial charge on any atom is 0.435 e. The van der Waals surface area contributed by atoms with Crippen LogP contribution in [-0.4, -0.2) is 75.0 Å². The average Bonchev–Trinajstić information content (AvgIpc) is 3.18. The lowest BCUT2D eigenvalue weighted by molar-refractivity contribution is -0.153. The summed E-state index contributed by atoms with van der Waals surface area (Å²) in [6, 6.07) is 3.50. The number of carbonyl (C=O) groups is 2. The second-order valence-electron chi connectivity index (χ2n) is 9.75. The van der Waals surface area contributed by atoms with Crippen molar-refractivity contribution >= 4 is 23.5 Å². The first-order chi connectivity index (χ1) is 17.5. The van der Waals surface area contributed by atoms with Crippen LogP contribution in [0.5, 0.6) is 0 Å². The number of nitrogens with zero attached hydrogens (tertiary/aromatic N) is 4. The number of carboxylic acid groups (broad SMARTS) is 1. The number of ether oxygens (including phenoxy) is 1. The van der Waals surface area contributed by atoms with E-state index in [0.717, 1.165) is 10.7 Å². The zero-order chi connectivity index (χ0) is 26.5. The molecule has 3 aliphatic rings. The van der Waals surface area contributed by atoms with Crippen molar-refractivity contribution in [2.24, 2.45) is 5.92 Å². The first-order valence-corrected chi connectivity index (χ1v) is 12.3. The van der Waals surface area contributed by atoms with Crippen LogP contribution in [0.3, 0.4) is 0 Å². The third kappa shape index (κ3) is 5.19. The van der Waals surface area contributed by atoms with Crippen LogP contribution in [-0.2, 0) is 40.0 Å². The van der Waals surface area contributed by atoms with Gasteiger partial charge < -0.3 is 14.7 Å². The van der Waals surface area contributed by atoms with E-state index in [2.05, 4.69) is 5.10 Å². The third-order valence-corrected chi connectivity index (χ3v) is 7.67. The Morgan fingerprint density at radius 3 is 2.51 bits per heavy atom. The molecule has 2 atom stereocenters. The van der Waals surface area contributed by atoms with Crippen LogP contribution in [0.25, 0.3) is 0 Å². The quantitative estimate of drug-likeness (QED) is 0.582. The molecule has 2 aromatic rings. The van der Waals surface area contributed by atoms with Crippen molar-refractivity contribution in [2.45, 2.75) is 50.6 Å². The summed E-state index contributed by atoms with van der Waals surface area (Å²) >= 11 is 5.80. The SMILES string of the molecule is O=C(O)C1CC2COCC(C1)N2CC(=O)N1CCc2c(C(F)(F)F)nn(Cc3ccc(Cl)cc3F)c2C1. The summed E-state index contributed by atoms with van der Waals surface area (Å²) in [5.41, 5.74) is -0.666. The molecule has 2 bridgehead atoms. The average molecular weight is 545 g/mol. The van der Waals surface area contributed by atoms with Gasteiger partial charge in [-0.3, -0.25) is 19.2 Å². The molecule has 0 spiro atoms. The predicted molar refractivity (Wildman–Crippen MR) is 122 cm³/mol. The number of aliphatic carboxylic acids is 1. The van der Waals surface area contributed by atoms with Gasteiger partial charge in [-0.15, -0.1) is 0 Å². The lowest BCUT2D eigenvalue weighted by atomic mass is 9.85. The number of benzene rings is 1.